The molecule has 4 aliphatic rings. The number of aliphatic carboxylic acids is 1. The van der Waals surface area contributed by atoms with Gasteiger partial charge in [-0.05, 0) is 104 Å². The number of hydrogen-bond donors (Lipinski definition) is 2. The molecule has 0 unspecified atom stereocenters. The summed E-state index contributed by atoms with van der Waals surface area (Å²) in [6.45, 7) is 15.6. The third-order valence-electron chi connectivity index (χ3n) is 12.8. The number of hydrogen-bond acceptors (Lipinski definition) is 5. The van der Waals surface area contributed by atoms with Crippen molar-refractivity contribution in [2.75, 3.05) is 0 Å². The largest absolute Gasteiger partial charge is 0.478 e. The summed E-state index contributed by atoms with van der Waals surface area (Å²) < 4.78 is 5.93. The first-order valence-electron chi connectivity index (χ1n) is 16.8. The Kier molecular flexibility index (Phi) is 9.07. The molecule has 240 valence electrons. The van der Waals surface area contributed by atoms with Crippen LogP contribution in [0.2, 0.25) is 0 Å². The van der Waals surface area contributed by atoms with Crippen LogP contribution in [0.1, 0.15) is 105 Å². The Morgan fingerprint density at radius 2 is 1.75 bits per heavy atom. The Labute approximate surface area is 264 Å². The highest BCUT2D eigenvalue weighted by Gasteiger charge is 2.71. The van der Waals surface area contributed by atoms with Crippen molar-refractivity contribution in [3.8, 4) is 0 Å². The first-order valence-corrected chi connectivity index (χ1v) is 16.8. The number of allylic oxidation sites excluding steroid dienone is 2. The molecule has 5 rings (SSSR count). The minimum Gasteiger partial charge on any atom is -0.478 e. The van der Waals surface area contributed by atoms with Crippen molar-refractivity contribution in [1.29, 1.82) is 0 Å². The molecule has 0 bridgehead atoms. The van der Waals surface area contributed by atoms with E-state index in [1.165, 1.54) is 12.5 Å². The molecule has 44 heavy (non-hydrogen) atoms. The maximum absolute atomic E-state index is 14.5. The number of nitrogens with one attached hydrogen (secondary N) is 1. The van der Waals surface area contributed by atoms with Gasteiger partial charge in [-0.2, -0.15) is 0 Å². The number of carbonyl (C=O) groups is 3. The summed E-state index contributed by atoms with van der Waals surface area (Å²) in [4.78, 5) is 39.7. The van der Waals surface area contributed by atoms with E-state index in [-0.39, 0.29) is 33.9 Å². The molecular formula is C38H53NO5. The lowest BCUT2D eigenvalue weighted by atomic mass is 9.36. The Morgan fingerprint density at radius 1 is 1.05 bits per heavy atom. The zero-order valence-electron chi connectivity index (χ0n) is 27.9. The average molecular weight is 604 g/mol. The molecule has 0 saturated heterocycles. The molecule has 0 aliphatic heterocycles. The Hall–Kier alpha value is -2.73. The third kappa shape index (κ3) is 5.50. The van der Waals surface area contributed by atoms with E-state index in [9.17, 15) is 19.5 Å². The molecule has 6 heteroatoms. The summed E-state index contributed by atoms with van der Waals surface area (Å²) in [5.74, 6) is -0.534. The number of carboxylic acid groups (broad SMARTS) is 1. The van der Waals surface area contributed by atoms with E-state index in [2.05, 4.69) is 63.4 Å². The first kappa shape index (κ1) is 32.7. The van der Waals surface area contributed by atoms with Crippen LogP contribution in [0, 0.1) is 39.9 Å². The van der Waals surface area contributed by atoms with Gasteiger partial charge in [0.05, 0.1) is 0 Å². The minimum atomic E-state index is -0.964. The van der Waals surface area contributed by atoms with Crippen molar-refractivity contribution < 1.29 is 24.2 Å². The summed E-state index contributed by atoms with van der Waals surface area (Å²) in [6.07, 6.45) is 7.33. The molecule has 0 heterocycles. The highest BCUT2D eigenvalue weighted by atomic mass is 16.5. The van der Waals surface area contributed by atoms with Crippen LogP contribution in [0.5, 0.6) is 0 Å². The average Bonchev–Trinajstić information content (AvgIpc) is 3.22. The standard InChI is InChI=1S/C38H53NO5/c1-23(2)12-11-15-27(35(42)43)33-29-20-31(41)34-36(5)18-17-30(39-22-26-13-9-8-10-14-26)24(3)28(36)16-19-37(34,6)38(29,7)21-32(33)44-25(4)40/h8-10,12-14,24,28-30,32,34,39H,11,15-22H2,1-7H3,(H,42,43)/b33-27-/t24-,28-,29-,30-,32-,34-,36-,37-,38-/m0/s1. The van der Waals surface area contributed by atoms with Gasteiger partial charge in [-0.1, -0.05) is 69.7 Å². The lowest BCUT2D eigenvalue weighted by Gasteiger charge is -2.67. The maximum atomic E-state index is 14.5. The Balaban J connectivity index is 1.48. The fraction of sp³-hybridized carbons (Fsp3) is 0.658. The van der Waals surface area contributed by atoms with Gasteiger partial charge in [0.15, 0.2) is 0 Å². The van der Waals surface area contributed by atoms with E-state index in [4.69, 9.17) is 4.74 Å². The molecule has 4 saturated carbocycles. The van der Waals surface area contributed by atoms with E-state index in [0.717, 1.165) is 37.8 Å². The van der Waals surface area contributed by atoms with Gasteiger partial charge in [-0.25, -0.2) is 4.79 Å². The predicted octanol–water partition coefficient (Wildman–Crippen LogP) is 7.67. The molecule has 9 atom stereocenters. The van der Waals surface area contributed by atoms with Crippen molar-refractivity contribution in [2.24, 2.45) is 39.9 Å². The van der Waals surface area contributed by atoms with E-state index in [1.54, 1.807) is 0 Å². The highest BCUT2D eigenvalue weighted by Crippen LogP contribution is 2.73. The van der Waals surface area contributed by atoms with Crippen molar-refractivity contribution in [2.45, 2.75) is 119 Å². The van der Waals surface area contributed by atoms with Gasteiger partial charge in [-0.15, -0.1) is 0 Å². The number of esters is 1. The molecule has 6 nitrogen and oxygen atoms in total. The van der Waals surface area contributed by atoms with Gasteiger partial charge in [-0.3, -0.25) is 9.59 Å². The number of ketones is 1. The number of ether oxygens (including phenoxy) is 1. The smallest absolute Gasteiger partial charge is 0.331 e. The Bertz CT molecular complexity index is 1340. The van der Waals surface area contributed by atoms with Crippen molar-refractivity contribution >= 4 is 17.7 Å². The molecule has 0 aromatic heterocycles. The number of carbonyl (C=O) groups excluding carboxylic acids is 2. The normalized spacial score (nSPS) is 39.0. The van der Waals surface area contributed by atoms with Crippen LogP contribution in [0.15, 0.2) is 53.1 Å². The number of benzene rings is 1. The van der Waals surface area contributed by atoms with Crippen LogP contribution in [-0.4, -0.2) is 35.0 Å². The van der Waals surface area contributed by atoms with Gasteiger partial charge in [0.2, 0.25) is 0 Å². The number of rotatable bonds is 8. The van der Waals surface area contributed by atoms with Crippen LogP contribution < -0.4 is 5.32 Å². The second-order valence-electron chi connectivity index (χ2n) is 15.4. The van der Waals surface area contributed by atoms with Crippen molar-refractivity contribution in [1.82, 2.24) is 5.32 Å². The van der Waals surface area contributed by atoms with Crippen LogP contribution in [0.3, 0.4) is 0 Å². The third-order valence-corrected chi connectivity index (χ3v) is 12.8. The molecular weight excluding hydrogens is 550 g/mol. The molecule has 4 fully saturated rings. The van der Waals surface area contributed by atoms with Gasteiger partial charge >= 0.3 is 11.9 Å². The van der Waals surface area contributed by atoms with Crippen molar-refractivity contribution in [3.05, 3.63) is 58.7 Å². The summed E-state index contributed by atoms with van der Waals surface area (Å²) in [5.41, 5.74) is 2.67. The summed E-state index contributed by atoms with van der Waals surface area (Å²) in [6, 6.07) is 11.0. The Morgan fingerprint density at radius 3 is 2.39 bits per heavy atom. The van der Waals surface area contributed by atoms with Crippen LogP contribution in [-0.2, 0) is 25.7 Å². The molecule has 1 aromatic carbocycles. The number of Topliss-reactive ketones (excluding diaryl/α,β-unsaturated/α-hetero) is 1. The lowest BCUT2D eigenvalue weighted by Crippen LogP contribution is -2.65. The number of carboxylic acids is 1. The second kappa shape index (κ2) is 12.2. The van der Waals surface area contributed by atoms with Crippen LogP contribution in [0.25, 0.3) is 0 Å². The first-order chi connectivity index (χ1) is 20.7. The van der Waals surface area contributed by atoms with Gasteiger partial charge in [0.25, 0.3) is 0 Å². The van der Waals surface area contributed by atoms with Crippen LogP contribution in [0.4, 0.5) is 0 Å². The van der Waals surface area contributed by atoms with E-state index < -0.39 is 18.0 Å². The predicted molar refractivity (Wildman–Crippen MR) is 173 cm³/mol. The van der Waals surface area contributed by atoms with Crippen LogP contribution >= 0.6 is 0 Å². The van der Waals surface area contributed by atoms with Gasteiger partial charge in [0, 0.05) is 37.4 Å². The molecule has 2 N–H and O–H groups in total. The SMILES string of the molecule is CC(=O)O[C@H]1C[C@@]2(C)[C@@H](CC(=O)[C@H]3[C@@]4(C)CC[C@H](NCc5ccccc5)[C@@H](C)[C@@H]4CC[C@@]32C)/C1=C(\CCC=C(C)C)C(=O)O. The fourth-order valence-corrected chi connectivity index (χ4v) is 10.6. The monoisotopic (exact) mass is 603 g/mol. The lowest BCUT2D eigenvalue weighted by molar-refractivity contribution is -0.192. The quantitative estimate of drug-likeness (QED) is 0.180. The minimum absolute atomic E-state index is 0.0937. The van der Waals surface area contributed by atoms with E-state index >= 15 is 0 Å². The summed E-state index contributed by atoms with van der Waals surface area (Å²) in [7, 11) is 0. The second-order valence-corrected chi connectivity index (χ2v) is 15.4. The maximum Gasteiger partial charge on any atom is 0.331 e. The summed E-state index contributed by atoms with van der Waals surface area (Å²) >= 11 is 0. The molecule has 0 radical (unpaired) electrons. The molecule has 0 spiro atoms. The van der Waals surface area contributed by atoms with E-state index in [1.807, 2.05) is 19.9 Å². The number of fused-ring (bicyclic) bond motifs is 5. The van der Waals surface area contributed by atoms with Gasteiger partial charge in [0.1, 0.15) is 11.9 Å². The molecule has 4 aliphatic carbocycles. The topological polar surface area (TPSA) is 92.7 Å². The highest BCUT2D eigenvalue weighted by molar-refractivity contribution is 5.90. The zero-order chi connectivity index (χ0) is 32.0. The van der Waals surface area contributed by atoms with Gasteiger partial charge < -0.3 is 15.2 Å². The molecule has 0 amide bonds. The molecule has 1 aromatic rings. The fourth-order valence-electron chi connectivity index (χ4n) is 10.6. The summed E-state index contributed by atoms with van der Waals surface area (Å²) in [5, 5.41) is 14.3. The zero-order valence-corrected chi connectivity index (χ0v) is 27.9. The van der Waals surface area contributed by atoms with Crippen molar-refractivity contribution in [3.63, 3.8) is 0 Å². The van der Waals surface area contributed by atoms with E-state index in [0.29, 0.717) is 54.7 Å².